The van der Waals surface area contributed by atoms with Crippen LogP contribution in [0.25, 0.3) is 0 Å². The highest BCUT2D eigenvalue weighted by Crippen LogP contribution is 2.28. The molecule has 2 unspecified atom stereocenters. The van der Waals surface area contributed by atoms with Gasteiger partial charge < -0.3 is 10.2 Å². The third-order valence-electron chi connectivity index (χ3n) is 3.97. The molecule has 0 aromatic rings. The van der Waals surface area contributed by atoms with Crippen molar-refractivity contribution in [3.05, 3.63) is 0 Å². The van der Waals surface area contributed by atoms with Gasteiger partial charge in [-0.1, -0.05) is 6.92 Å². The molecule has 4 nitrogen and oxygen atoms in total. The average molecular weight is 279 g/mol. The van der Waals surface area contributed by atoms with Crippen LogP contribution in [0.3, 0.4) is 0 Å². The normalized spacial score (nSPS) is 30.6. The van der Waals surface area contributed by atoms with E-state index in [9.17, 15) is 18.0 Å². The lowest BCUT2D eigenvalue weighted by molar-refractivity contribution is -0.190. The molecular formula is C12H20F3N3O. The van der Waals surface area contributed by atoms with Gasteiger partial charge in [0.25, 0.3) is 0 Å². The smallest absolute Gasteiger partial charge is 0.353 e. The molecule has 0 aromatic carbocycles. The SMILES string of the molecule is CCN1CCC(CN2CC(=O)NCC2C(F)(F)F)C1. The number of piperazine rings is 1. The summed E-state index contributed by atoms with van der Waals surface area (Å²) in [5, 5.41) is 2.30. The third kappa shape index (κ3) is 3.60. The molecule has 0 radical (unpaired) electrons. The van der Waals surface area contributed by atoms with Crippen LogP contribution in [-0.2, 0) is 4.79 Å². The minimum atomic E-state index is -4.28. The Balaban J connectivity index is 1.97. The fraction of sp³-hybridized carbons (Fsp3) is 0.917. The Bertz CT molecular complexity index is 335. The van der Waals surface area contributed by atoms with E-state index in [-0.39, 0.29) is 24.9 Å². The molecule has 2 rings (SSSR count). The maximum atomic E-state index is 12.9. The van der Waals surface area contributed by atoms with Crippen LogP contribution in [0.1, 0.15) is 13.3 Å². The molecule has 0 aliphatic carbocycles. The molecule has 0 saturated carbocycles. The van der Waals surface area contributed by atoms with Crippen molar-refractivity contribution in [1.29, 1.82) is 0 Å². The van der Waals surface area contributed by atoms with Crippen molar-refractivity contribution in [3.63, 3.8) is 0 Å². The van der Waals surface area contributed by atoms with E-state index in [1.807, 2.05) is 0 Å². The van der Waals surface area contributed by atoms with Crippen LogP contribution >= 0.6 is 0 Å². The van der Waals surface area contributed by atoms with Crippen LogP contribution in [0, 0.1) is 5.92 Å². The van der Waals surface area contributed by atoms with Gasteiger partial charge in [0.1, 0.15) is 6.04 Å². The van der Waals surface area contributed by atoms with Crippen molar-refractivity contribution in [2.75, 3.05) is 39.3 Å². The fourth-order valence-corrected chi connectivity index (χ4v) is 2.89. The van der Waals surface area contributed by atoms with E-state index in [2.05, 4.69) is 17.1 Å². The van der Waals surface area contributed by atoms with Crippen molar-refractivity contribution < 1.29 is 18.0 Å². The highest BCUT2D eigenvalue weighted by molar-refractivity contribution is 5.78. The zero-order chi connectivity index (χ0) is 14.0. The summed E-state index contributed by atoms with van der Waals surface area (Å²) in [5.41, 5.74) is 0. The number of carbonyl (C=O) groups excluding carboxylic acids is 1. The summed E-state index contributed by atoms with van der Waals surface area (Å²) >= 11 is 0. The molecule has 7 heteroatoms. The number of rotatable bonds is 3. The number of hydrogen-bond donors (Lipinski definition) is 1. The fourth-order valence-electron chi connectivity index (χ4n) is 2.89. The van der Waals surface area contributed by atoms with Crippen LogP contribution in [0.4, 0.5) is 13.2 Å². The second-order valence-electron chi connectivity index (χ2n) is 5.34. The van der Waals surface area contributed by atoms with Gasteiger partial charge in [0, 0.05) is 19.6 Å². The highest BCUT2D eigenvalue weighted by atomic mass is 19.4. The molecule has 0 aromatic heterocycles. The number of hydrogen-bond acceptors (Lipinski definition) is 3. The summed E-state index contributed by atoms with van der Waals surface area (Å²) < 4.78 is 38.8. The van der Waals surface area contributed by atoms with Crippen LogP contribution in [0.2, 0.25) is 0 Å². The number of likely N-dealkylation sites (tertiary alicyclic amines) is 1. The molecule has 19 heavy (non-hydrogen) atoms. The molecule has 2 atom stereocenters. The van der Waals surface area contributed by atoms with Gasteiger partial charge in [0.15, 0.2) is 0 Å². The lowest BCUT2D eigenvalue weighted by Crippen LogP contribution is -2.60. The first-order valence-electron chi connectivity index (χ1n) is 6.70. The van der Waals surface area contributed by atoms with Crippen LogP contribution < -0.4 is 5.32 Å². The van der Waals surface area contributed by atoms with Crippen LogP contribution in [-0.4, -0.2) is 67.2 Å². The third-order valence-corrected chi connectivity index (χ3v) is 3.97. The topological polar surface area (TPSA) is 35.6 Å². The summed E-state index contributed by atoms with van der Waals surface area (Å²) in [5.74, 6) is -0.0819. The average Bonchev–Trinajstić information content (AvgIpc) is 2.75. The summed E-state index contributed by atoms with van der Waals surface area (Å²) in [6.45, 7) is 4.64. The predicted octanol–water partition coefficient (Wildman–Crippen LogP) is 0.691. The number of nitrogens with zero attached hydrogens (tertiary/aromatic N) is 2. The molecule has 0 bridgehead atoms. The zero-order valence-electron chi connectivity index (χ0n) is 11.0. The van der Waals surface area contributed by atoms with E-state index in [0.29, 0.717) is 6.54 Å². The molecular weight excluding hydrogens is 259 g/mol. The standard InChI is InChI=1S/C12H20F3N3O/c1-2-17-4-3-9(6-17)7-18-8-11(19)16-5-10(18)12(13,14)15/h9-10H,2-8H2,1H3,(H,16,19). The van der Waals surface area contributed by atoms with Gasteiger partial charge in [-0.25, -0.2) is 0 Å². The van der Waals surface area contributed by atoms with Gasteiger partial charge in [0.2, 0.25) is 5.91 Å². The maximum absolute atomic E-state index is 12.9. The van der Waals surface area contributed by atoms with E-state index in [1.165, 1.54) is 4.90 Å². The summed E-state index contributed by atoms with van der Waals surface area (Å²) in [7, 11) is 0. The van der Waals surface area contributed by atoms with Gasteiger partial charge in [-0.15, -0.1) is 0 Å². The summed E-state index contributed by atoms with van der Waals surface area (Å²) in [6.07, 6.45) is -3.37. The van der Waals surface area contributed by atoms with Gasteiger partial charge >= 0.3 is 6.18 Å². The molecule has 110 valence electrons. The molecule has 2 heterocycles. The van der Waals surface area contributed by atoms with Crippen molar-refractivity contribution in [1.82, 2.24) is 15.1 Å². The summed E-state index contributed by atoms with van der Waals surface area (Å²) in [4.78, 5) is 14.8. The van der Waals surface area contributed by atoms with Gasteiger partial charge in [-0.2, -0.15) is 13.2 Å². The minimum Gasteiger partial charge on any atom is -0.353 e. The molecule has 1 amide bonds. The highest BCUT2D eigenvalue weighted by Gasteiger charge is 2.46. The Hall–Kier alpha value is -0.820. The Labute approximate surface area is 110 Å². The first-order valence-corrected chi connectivity index (χ1v) is 6.70. The van der Waals surface area contributed by atoms with Gasteiger partial charge in [-0.05, 0) is 25.4 Å². The van der Waals surface area contributed by atoms with Crippen molar-refractivity contribution >= 4 is 5.91 Å². The Morgan fingerprint density at radius 3 is 2.74 bits per heavy atom. The largest absolute Gasteiger partial charge is 0.405 e. The van der Waals surface area contributed by atoms with Crippen LogP contribution in [0.5, 0.6) is 0 Å². The minimum absolute atomic E-state index is 0.146. The van der Waals surface area contributed by atoms with Gasteiger partial charge in [-0.3, -0.25) is 9.69 Å². The first kappa shape index (κ1) is 14.6. The van der Waals surface area contributed by atoms with Crippen molar-refractivity contribution in [3.8, 4) is 0 Å². The zero-order valence-corrected chi connectivity index (χ0v) is 11.0. The quantitative estimate of drug-likeness (QED) is 0.825. The number of halogens is 3. The van der Waals surface area contributed by atoms with E-state index in [4.69, 9.17) is 0 Å². The van der Waals surface area contributed by atoms with Crippen molar-refractivity contribution in [2.45, 2.75) is 25.6 Å². The first-order chi connectivity index (χ1) is 8.90. The Morgan fingerprint density at radius 1 is 1.42 bits per heavy atom. The van der Waals surface area contributed by atoms with Crippen molar-refractivity contribution in [2.24, 2.45) is 5.92 Å². The number of nitrogens with one attached hydrogen (secondary N) is 1. The van der Waals surface area contributed by atoms with E-state index in [0.717, 1.165) is 26.1 Å². The number of amides is 1. The number of alkyl halides is 3. The number of carbonyl (C=O) groups is 1. The van der Waals surface area contributed by atoms with E-state index >= 15 is 0 Å². The second-order valence-corrected chi connectivity index (χ2v) is 5.34. The monoisotopic (exact) mass is 279 g/mol. The molecule has 2 aliphatic rings. The van der Waals surface area contributed by atoms with E-state index in [1.54, 1.807) is 0 Å². The second kappa shape index (κ2) is 5.66. The summed E-state index contributed by atoms with van der Waals surface area (Å²) in [6, 6.07) is -1.54. The lowest BCUT2D eigenvalue weighted by atomic mass is 10.1. The Kier molecular flexibility index (Phi) is 4.35. The lowest BCUT2D eigenvalue weighted by Gasteiger charge is -2.37. The Morgan fingerprint density at radius 2 is 2.16 bits per heavy atom. The molecule has 2 aliphatic heterocycles. The maximum Gasteiger partial charge on any atom is 0.405 e. The van der Waals surface area contributed by atoms with Gasteiger partial charge in [0.05, 0.1) is 6.54 Å². The molecule has 1 N–H and O–H groups in total. The molecule has 0 spiro atoms. The van der Waals surface area contributed by atoms with Crippen LogP contribution in [0.15, 0.2) is 0 Å². The predicted molar refractivity (Wildman–Crippen MR) is 64.6 cm³/mol. The molecule has 2 fully saturated rings. The molecule has 2 saturated heterocycles. The van der Waals surface area contributed by atoms with E-state index < -0.39 is 12.2 Å².